The molecule has 0 N–H and O–H groups in total. The Morgan fingerprint density at radius 1 is 1.00 bits per heavy atom. The molecule has 2 aromatic rings. The maximum atomic E-state index is 11.0. The fraction of sp³-hybridized carbons (Fsp3) is 0.455. The highest BCUT2D eigenvalue weighted by molar-refractivity contribution is 9.10. The molecule has 0 unspecified atom stereocenters. The zero-order valence-electron chi connectivity index (χ0n) is 17.5. The molecule has 0 aromatic carbocycles. The number of aryl methyl sites for hydroxylation is 2. The molecule has 1 aliphatic rings. The van der Waals surface area contributed by atoms with E-state index in [9.17, 15) is 9.59 Å². The Bertz CT molecular complexity index is 759. The summed E-state index contributed by atoms with van der Waals surface area (Å²) >= 11 is 6.57. The second-order valence-corrected chi connectivity index (χ2v) is 7.20. The van der Waals surface area contributed by atoms with Crippen molar-refractivity contribution in [2.45, 2.75) is 48.0 Å². The molecule has 1 aliphatic heterocycles. The average molecular weight is 548 g/mol. The number of esters is 1. The van der Waals surface area contributed by atoms with Gasteiger partial charge in [-0.2, -0.15) is 0 Å². The Morgan fingerprint density at radius 2 is 1.50 bits per heavy atom. The molecule has 0 bridgehead atoms. The summed E-state index contributed by atoms with van der Waals surface area (Å²) < 4.78 is 11.3. The smallest absolute Gasteiger partial charge is 0.356 e. The van der Waals surface area contributed by atoms with Gasteiger partial charge in [-0.15, -0.1) is 0 Å². The summed E-state index contributed by atoms with van der Waals surface area (Å²) in [6, 6.07) is 6.87. The van der Waals surface area contributed by atoms with E-state index >= 15 is 0 Å². The molecule has 0 aliphatic carbocycles. The third-order valence-corrected chi connectivity index (χ3v) is 5.08. The van der Waals surface area contributed by atoms with Gasteiger partial charge >= 0.3 is 5.97 Å². The molecule has 6 nitrogen and oxygen atoms in total. The summed E-state index contributed by atoms with van der Waals surface area (Å²) in [6.45, 7) is 9.66. The van der Waals surface area contributed by atoms with E-state index in [4.69, 9.17) is 4.74 Å². The van der Waals surface area contributed by atoms with E-state index in [0.717, 1.165) is 39.8 Å². The number of carbonyl (C=O) groups is 2. The van der Waals surface area contributed by atoms with Crippen molar-refractivity contribution in [1.82, 2.24) is 9.97 Å². The van der Waals surface area contributed by atoms with Crippen LogP contribution in [0.25, 0.3) is 0 Å². The van der Waals surface area contributed by atoms with E-state index < -0.39 is 5.97 Å². The predicted molar refractivity (Wildman–Crippen MR) is 128 cm³/mol. The number of hydrogen-bond donors (Lipinski definition) is 0. The van der Waals surface area contributed by atoms with Gasteiger partial charge in [0.15, 0.2) is 6.29 Å². The van der Waals surface area contributed by atoms with Crippen molar-refractivity contribution in [3.63, 3.8) is 0 Å². The van der Waals surface area contributed by atoms with Gasteiger partial charge in [0.1, 0.15) is 11.4 Å². The van der Waals surface area contributed by atoms with E-state index in [2.05, 4.69) is 46.6 Å². The van der Waals surface area contributed by atoms with Crippen molar-refractivity contribution in [1.29, 1.82) is 0 Å². The summed E-state index contributed by atoms with van der Waals surface area (Å²) in [5.41, 5.74) is 2.42. The van der Waals surface area contributed by atoms with Gasteiger partial charge in [-0.25, -0.2) is 14.8 Å². The number of ether oxygens (including phenoxy) is 2. The van der Waals surface area contributed by atoms with Crippen molar-refractivity contribution in [2.75, 3.05) is 20.3 Å². The lowest BCUT2D eigenvalue weighted by molar-refractivity contribution is 0.0593. The van der Waals surface area contributed by atoms with Crippen molar-refractivity contribution in [3.05, 3.63) is 56.0 Å². The maximum Gasteiger partial charge on any atom is 0.356 e. The fourth-order valence-corrected chi connectivity index (χ4v) is 2.34. The number of rotatable bonds is 2. The number of aromatic nitrogens is 2. The molecule has 8 heteroatoms. The largest absolute Gasteiger partial charge is 0.464 e. The zero-order valence-corrected chi connectivity index (χ0v) is 20.7. The molecule has 0 saturated carbocycles. The highest BCUT2D eigenvalue weighted by atomic mass is 79.9. The first kappa shape index (κ1) is 30.6. The van der Waals surface area contributed by atoms with Crippen LogP contribution in [0, 0.1) is 13.8 Å². The van der Waals surface area contributed by atoms with Crippen LogP contribution in [0.1, 0.15) is 66.5 Å². The highest BCUT2D eigenvalue weighted by Crippen LogP contribution is 2.14. The van der Waals surface area contributed by atoms with Gasteiger partial charge in [0.25, 0.3) is 0 Å². The van der Waals surface area contributed by atoms with Crippen LogP contribution in [0.15, 0.2) is 33.2 Å². The first-order valence-electron chi connectivity index (χ1n) is 9.26. The Labute approximate surface area is 197 Å². The molecule has 1 fully saturated rings. The maximum absolute atomic E-state index is 11.0. The number of aldehydes is 1. The van der Waals surface area contributed by atoms with E-state index in [0.29, 0.717) is 11.4 Å². The van der Waals surface area contributed by atoms with Crippen LogP contribution >= 0.6 is 31.9 Å². The summed E-state index contributed by atoms with van der Waals surface area (Å²) in [7, 11) is 1.33. The molecular formula is C22H32Br2N2O4. The normalized spacial score (nSPS) is 11.2. The third-order valence-electron chi connectivity index (χ3n) is 3.41. The number of hydrogen-bond acceptors (Lipinski definition) is 6. The van der Waals surface area contributed by atoms with Crippen LogP contribution < -0.4 is 0 Å². The lowest BCUT2D eigenvalue weighted by atomic mass is 10.3. The van der Waals surface area contributed by atoms with Crippen LogP contribution in [0.3, 0.4) is 0 Å². The average Bonchev–Trinajstić information content (AvgIpc) is 3.33. The first-order chi connectivity index (χ1) is 13.9. The second-order valence-electron chi connectivity index (χ2n) is 5.50. The number of pyridine rings is 2. The van der Waals surface area contributed by atoms with E-state index in [1.165, 1.54) is 20.0 Å². The first-order valence-corrected chi connectivity index (χ1v) is 10.8. The fourth-order valence-electron chi connectivity index (χ4n) is 1.90. The SMILES string of the molecule is C.C1CCOC1.CC.COC(=O)c1ccc(Br)c(C)n1.Cc1nc(C=O)ccc1Br. The van der Waals surface area contributed by atoms with Crippen molar-refractivity contribution < 1.29 is 19.1 Å². The lowest BCUT2D eigenvalue weighted by Gasteiger charge is -2.00. The topological polar surface area (TPSA) is 78.4 Å². The number of carbonyl (C=O) groups excluding carboxylic acids is 2. The summed E-state index contributed by atoms with van der Waals surface area (Å²) in [5, 5.41) is 0. The summed E-state index contributed by atoms with van der Waals surface area (Å²) in [6.07, 6.45) is 3.29. The molecule has 30 heavy (non-hydrogen) atoms. The molecular weight excluding hydrogens is 516 g/mol. The Kier molecular flexibility index (Phi) is 18.5. The minimum atomic E-state index is -0.411. The molecule has 0 amide bonds. The molecule has 0 atom stereocenters. The van der Waals surface area contributed by atoms with Crippen molar-refractivity contribution in [3.8, 4) is 0 Å². The monoisotopic (exact) mass is 546 g/mol. The standard InChI is InChI=1S/C8H8BrNO2.C7H6BrNO.C4H8O.C2H6.CH4/c1-5-6(9)3-4-7(10-5)8(11)12-2;1-5-7(8)3-2-6(4-10)9-5;1-2-4-5-3-1;1-2;/h3-4H,1-2H3;2-4H,1H3;1-4H2;1-2H3;1H4. The third kappa shape index (κ3) is 12.1. The van der Waals surface area contributed by atoms with Crippen LogP contribution in [0.2, 0.25) is 0 Å². The predicted octanol–water partition coefficient (Wildman–Crippen LogP) is 6.36. The van der Waals surface area contributed by atoms with Crippen LogP contribution in [-0.2, 0) is 9.47 Å². The summed E-state index contributed by atoms with van der Waals surface area (Å²) in [5.74, 6) is -0.411. The molecule has 1 saturated heterocycles. The van der Waals surface area contributed by atoms with Crippen LogP contribution in [-0.4, -0.2) is 42.5 Å². The second kappa shape index (κ2) is 18.2. The molecule has 0 radical (unpaired) electrons. The number of nitrogens with zero attached hydrogens (tertiary/aromatic N) is 2. The lowest BCUT2D eigenvalue weighted by Crippen LogP contribution is -2.04. The molecule has 2 aromatic heterocycles. The Balaban J connectivity index is 0. The Hall–Kier alpha value is -1.64. The Morgan fingerprint density at radius 3 is 1.87 bits per heavy atom. The van der Waals surface area contributed by atoms with Gasteiger partial charge in [-0.05, 0) is 82.8 Å². The van der Waals surface area contributed by atoms with Crippen LogP contribution in [0.5, 0.6) is 0 Å². The summed E-state index contributed by atoms with van der Waals surface area (Å²) in [4.78, 5) is 29.2. The quantitative estimate of drug-likeness (QED) is 0.321. The van der Waals surface area contributed by atoms with Gasteiger partial charge in [0, 0.05) is 22.2 Å². The minimum Gasteiger partial charge on any atom is -0.464 e. The molecule has 3 rings (SSSR count). The van der Waals surface area contributed by atoms with Gasteiger partial charge < -0.3 is 9.47 Å². The van der Waals surface area contributed by atoms with E-state index in [-0.39, 0.29) is 7.43 Å². The van der Waals surface area contributed by atoms with Gasteiger partial charge in [0.2, 0.25) is 0 Å². The number of halogens is 2. The van der Waals surface area contributed by atoms with E-state index in [1.54, 1.807) is 18.2 Å². The van der Waals surface area contributed by atoms with Gasteiger partial charge in [-0.3, -0.25) is 4.79 Å². The molecule has 168 valence electrons. The van der Waals surface area contributed by atoms with Crippen LogP contribution in [0.4, 0.5) is 0 Å². The van der Waals surface area contributed by atoms with Crippen molar-refractivity contribution >= 4 is 44.1 Å². The van der Waals surface area contributed by atoms with Gasteiger partial charge in [-0.1, -0.05) is 21.3 Å². The zero-order chi connectivity index (χ0) is 22.2. The molecule has 3 heterocycles. The van der Waals surface area contributed by atoms with Gasteiger partial charge in [0.05, 0.1) is 18.5 Å². The van der Waals surface area contributed by atoms with E-state index in [1.807, 2.05) is 33.8 Å². The highest BCUT2D eigenvalue weighted by Gasteiger charge is 2.07. The minimum absolute atomic E-state index is 0. The number of methoxy groups -OCH3 is 1. The van der Waals surface area contributed by atoms with Crippen molar-refractivity contribution in [2.24, 2.45) is 0 Å². The molecule has 0 spiro atoms.